The summed E-state index contributed by atoms with van der Waals surface area (Å²) in [5, 5.41) is 3.94. The van der Waals surface area contributed by atoms with Crippen LogP contribution in [0.5, 0.6) is 5.75 Å². The molecule has 0 heterocycles. The number of hydrazone groups is 1. The molecule has 0 spiro atoms. The maximum absolute atomic E-state index is 13.2. The number of nitrogens with one attached hydrogen (secondary N) is 1. The van der Waals surface area contributed by atoms with E-state index in [2.05, 4.69) is 26.5 Å². The van der Waals surface area contributed by atoms with Crippen LogP contribution in [0.4, 0.5) is 5.69 Å². The molecule has 160 valence electrons. The van der Waals surface area contributed by atoms with E-state index in [4.69, 9.17) is 4.74 Å². The van der Waals surface area contributed by atoms with Gasteiger partial charge < -0.3 is 4.74 Å². The number of rotatable bonds is 8. The minimum atomic E-state index is -3.98. The van der Waals surface area contributed by atoms with Gasteiger partial charge in [0, 0.05) is 10.0 Å². The highest BCUT2D eigenvalue weighted by Gasteiger charge is 2.27. The molecule has 0 atom stereocenters. The Morgan fingerprint density at radius 2 is 1.68 bits per heavy atom. The Kier molecular flexibility index (Phi) is 7.43. The molecule has 0 saturated heterocycles. The third-order valence-electron chi connectivity index (χ3n) is 4.28. The van der Waals surface area contributed by atoms with E-state index in [9.17, 15) is 13.2 Å². The molecule has 0 radical (unpaired) electrons. The van der Waals surface area contributed by atoms with Crippen molar-refractivity contribution in [3.63, 3.8) is 0 Å². The van der Waals surface area contributed by atoms with E-state index in [0.717, 1.165) is 14.3 Å². The van der Waals surface area contributed by atoms with Crippen molar-refractivity contribution >= 4 is 43.8 Å². The Hall–Kier alpha value is -3.17. The highest BCUT2D eigenvalue weighted by atomic mass is 79.9. The maximum atomic E-state index is 13.2. The molecular weight excluding hydrogens is 482 g/mol. The van der Waals surface area contributed by atoms with Crippen molar-refractivity contribution in [2.75, 3.05) is 18.0 Å². The summed E-state index contributed by atoms with van der Waals surface area (Å²) < 4.78 is 33.5. The highest BCUT2D eigenvalue weighted by molar-refractivity contribution is 9.10. The summed E-state index contributed by atoms with van der Waals surface area (Å²) in [6.45, 7) is -0.448. The molecule has 0 saturated carbocycles. The first-order chi connectivity index (χ1) is 14.9. The molecule has 1 amide bonds. The normalized spacial score (nSPS) is 11.3. The van der Waals surface area contributed by atoms with Gasteiger partial charge in [-0.05, 0) is 42.5 Å². The summed E-state index contributed by atoms with van der Waals surface area (Å²) in [5.74, 6) is -0.0121. The number of nitrogens with zero attached hydrogens (tertiary/aromatic N) is 2. The van der Waals surface area contributed by atoms with Crippen molar-refractivity contribution in [2.45, 2.75) is 4.90 Å². The summed E-state index contributed by atoms with van der Waals surface area (Å²) in [6, 6.07) is 21.7. The smallest absolute Gasteiger partial charge is 0.264 e. The molecule has 9 heteroatoms. The zero-order chi connectivity index (χ0) is 22.3. The first-order valence-electron chi connectivity index (χ1n) is 9.20. The molecule has 0 aliphatic rings. The van der Waals surface area contributed by atoms with Crippen LogP contribution in [0, 0.1) is 0 Å². The minimum Gasteiger partial charge on any atom is -0.497 e. The Balaban J connectivity index is 1.84. The van der Waals surface area contributed by atoms with E-state index in [1.807, 2.05) is 24.3 Å². The first kappa shape index (κ1) is 22.5. The van der Waals surface area contributed by atoms with Crippen molar-refractivity contribution in [1.29, 1.82) is 0 Å². The lowest BCUT2D eigenvalue weighted by molar-refractivity contribution is -0.119. The Morgan fingerprint density at radius 3 is 2.32 bits per heavy atom. The Bertz CT molecular complexity index is 1170. The molecule has 3 aromatic carbocycles. The minimum absolute atomic E-state index is 0.0790. The lowest BCUT2D eigenvalue weighted by atomic mass is 10.2. The van der Waals surface area contributed by atoms with Gasteiger partial charge in [0.2, 0.25) is 0 Å². The van der Waals surface area contributed by atoms with Gasteiger partial charge >= 0.3 is 0 Å². The van der Waals surface area contributed by atoms with Crippen LogP contribution in [0.3, 0.4) is 0 Å². The topological polar surface area (TPSA) is 88.1 Å². The van der Waals surface area contributed by atoms with Gasteiger partial charge in [-0.15, -0.1) is 0 Å². The number of halogens is 1. The second kappa shape index (κ2) is 10.2. The number of ether oxygens (including phenoxy) is 1. The number of carbonyl (C=O) groups excluding carboxylic acids is 1. The molecule has 1 N–H and O–H groups in total. The van der Waals surface area contributed by atoms with E-state index < -0.39 is 22.5 Å². The summed E-state index contributed by atoms with van der Waals surface area (Å²) in [5.41, 5.74) is 3.48. The number of benzene rings is 3. The van der Waals surface area contributed by atoms with Crippen molar-refractivity contribution in [2.24, 2.45) is 5.10 Å². The van der Waals surface area contributed by atoms with Crippen LogP contribution >= 0.6 is 15.9 Å². The van der Waals surface area contributed by atoms with Gasteiger partial charge in [0.1, 0.15) is 12.3 Å². The zero-order valence-electron chi connectivity index (χ0n) is 16.6. The molecule has 3 rings (SSSR count). The van der Waals surface area contributed by atoms with E-state index in [0.29, 0.717) is 11.4 Å². The summed E-state index contributed by atoms with van der Waals surface area (Å²) in [7, 11) is -2.46. The SMILES string of the molecule is COc1ccc(N(CC(=O)N/N=C\c2ccccc2Br)S(=O)(=O)c2ccccc2)cc1. The third-order valence-corrected chi connectivity index (χ3v) is 6.79. The van der Waals surface area contributed by atoms with Gasteiger partial charge in [0.25, 0.3) is 15.9 Å². The monoisotopic (exact) mass is 501 g/mol. The van der Waals surface area contributed by atoms with E-state index in [1.165, 1.54) is 25.5 Å². The molecule has 0 aromatic heterocycles. The number of carbonyl (C=O) groups is 1. The first-order valence-corrected chi connectivity index (χ1v) is 11.4. The molecule has 0 bridgehead atoms. The van der Waals surface area contributed by atoms with Crippen LogP contribution in [-0.4, -0.2) is 34.2 Å². The van der Waals surface area contributed by atoms with Crippen molar-refractivity contribution < 1.29 is 17.9 Å². The molecule has 0 aliphatic carbocycles. The van der Waals surface area contributed by atoms with Crippen LogP contribution in [0.15, 0.2) is 93.3 Å². The fraction of sp³-hybridized carbons (Fsp3) is 0.0909. The van der Waals surface area contributed by atoms with Crippen LogP contribution in [-0.2, 0) is 14.8 Å². The summed E-state index contributed by atoms with van der Waals surface area (Å²) in [6.07, 6.45) is 1.48. The Labute approximate surface area is 189 Å². The molecular formula is C22H20BrN3O4S. The molecule has 31 heavy (non-hydrogen) atoms. The van der Waals surface area contributed by atoms with Crippen LogP contribution in [0.25, 0.3) is 0 Å². The lowest BCUT2D eigenvalue weighted by Gasteiger charge is -2.23. The second-order valence-corrected chi connectivity index (χ2v) is 9.05. The average molecular weight is 502 g/mol. The van der Waals surface area contributed by atoms with Gasteiger partial charge in [0.15, 0.2) is 0 Å². The second-order valence-electron chi connectivity index (χ2n) is 6.34. The predicted octanol–water partition coefficient (Wildman–Crippen LogP) is 3.80. The number of anilines is 1. The molecule has 0 unspecified atom stereocenters. The third kappa shape index (κ3) is 5.71. The van der Waals surface area contributed by atoms with Gasteiger partial charge in [-0.1, -0.05) is 52.3 Å². The van der Waals surface area contributed by atoms with Crippen LogP contribution in [0.1, 0.15) is 5.56 Å². The fourth-order valence-electron chi connectivity index (χ4n) is 2.70. The quantitative estimate of drug-likeness (QED) is 0.375. The van der Waals surface area contributed by atoms with E-state index in [-0.39, 0.29) is 4.90 Å². The van der Waals surface area contributed by atoms with Crippen LogP contribution in [0.2, 0.25) is 0 Å². The maximum Gasteiger partial charge on any atom is 0.264 e. The highest BCUT2D eigenvalue weighted by Crippen LogP contribution is 2.25. The van der Waals surface area contributed by atoms with Crippen molar-refractivity contribution in [3.8, 4) is 5.75 Å². The van der Waals surface area contributed by atoms with E-state index in [1.54, 1.807) is 42.5 Å². The lowest BCUT2D eigenvalue weighted by Crippen LogP contribution is -2.39. The van der Waals surface area contributed by atoms with Gasteiger partial charge in [-0.2, -0.15) is 5.10 Å². The fourth-order valence-corrected chi connectivity index (χ4v) is 4.53. The average Bonchev–Trinajstić information content (AvgIpc) is 2.79. The number of hydrogen-bond donors (Lipinski definition) is 1. The molecule has 0 aliphatic heterocycles. The van der Waals surface area contributed by atoms with Crippen molar-refractivity contribution in [3.05, 3.63) is 88.9 Å². The van der Waals surface area contributed by atoms with Crippen molar-refractivity contribution in [1.82, 2.24) is 5.43 Å². The molecule has 0 fully saturated rings. The summed E-state index contributed by atoms with van der Waals surface area (Å²) >= 11 is 3.40. The van der Waals surface area contributed by atoms with Gasteiger partial charge in [-0.25, -0.2) is 13.8 Å². The largest absolute Gasteiger partial charge is 0.497 e. The van der Waals surface area contributed by atoms with E-state index >= 15 is 0 Å². The molecule has 7 nitrogen and oxygen atoms in total. The standard InChI is InChI=1S/C22H20BrN3O4S/c1-30-19-13-11-18(12-14-19)26(31(28,29)20-8-3-2-4-9-20)16-22(27)25-24-15-17-7-5-6-10-21(17)23/h2-15H,16H2,1H3,(H,25,27)/b24-15-. The predicted molar refractivity (Wildman–Crippen MR) is 124 cm³/mol. The summed E-state index contributed by atoms with van der Waals surface area (Å²) in [4.78, 5) is 12.6. The van der Waals surface area contributed by atoms with Gasteiger partial charge in [0.05, 0.1) is 23.9 Å². The van der Waals surface area contributed by atoms with Gasteiger partial charge in [-0.3, -0.25) is 9.10 Å². The Morgan fingerprint density at radius 1 is 1.03 bits per heavy atom. The molecule has 3 aromatic rings. The number of hydrogen-bond acceptors (Lipinski definition) is 5. The number of methoxy groups -OCH3 is 1. The zero-order valence-corrected chi connectivity index (χ0v) is 19.0. The number of amides is 1. The number of sulfonamides is 1. The van der Waals surface area contributed by atoms with Crippen LogP contribution < -0.4 is 14.5 Å².